The second-order valence-electron chi connectivity index (χ2n) is 6.12. The van der Waals surface area contributed by atoms with Crippen molar-refractivity contribution >= 4 is 23.7 Å². The summed E-state index contributed by atoms with van der Waals surface area (Å²) in [6.45, 7) is 6.93. The van der Waals surface area contributed by atoms with Gasteiger partial charge in [0.15, 0.2) is 22.9 Å². The molecule has 2 heterocycles. The Morgan fingerprint density at radius 2 is 1.15 bits per heavy atom. The highest BCUT2D eigenvalue weighted by atomic mass is 16.6. The van der Waals surface area contributed by atoms with Crippen LogP contribution in [-0.4, -0.2) is 34.8 Å². The van der Waals surface area contributed by atoms with E-state index in [0.717, 1.165) is 12.8 Å². The van der Waals surface area contributed by atoms with E-state index >= 15 is 0 Å². The average molecular weight is 280 g/mol. The maximum absolute atomic E-state index is 11.4. The van der Waals surface area contributed by atoms with Crippen LogP contribution in [-0.2, 0) is 19.1 Å². The molecule has 0 fully saturated rings. The number of carbonyl (C=O) groups is 2. The van der Waals surface area contributed by atoms with E-state index in [1.54, 1.807) is 27.7 Å². The molecule has 0 spiro atoms. The number of unbranched alkanes of at least 4 members (excludes halogenated alkanes) is 1. The summed E-state index contributed by atoms with van der Waals surface area (Å²) in [5.74, 6) is 0.378. The van der Waals surface area contributed by atoms with Crippen LogP contribution in [0.5, 0.6) is 0 Å². The Morgan fingerprint density at radius 1 is 0.800 bits per heavy atom. The van der Waals surface area contributed by atoms with E-state index in [4.69, 9.17) is 9.47 Å². The van der Waals surface area contributed by atoms with Crippen molar-refractivity contribution in [3.05, 3.63) is 0 Å². The molecule has 0 aromatic rings. The van der Waals surface area contributed by atoms with Gasteiger partial charge in [-0.1, -0.05) is 0 Å². The molecule has 0 amide bonds. The van der Waals surface area contributed by atoms with Gasteiger partial charge in [-0.2, -0.15) is 0 Å². The van der Waals surface area contributed by atoms with Gasteiger partial charge in [0.2, 0.25) is 0 Å². The fourth-order valence-corrected chi connectivity index (χ4v) is 1.99. The fraction of sp³-hybridized carbons (Fsp3) is 0.714. The molecule has 0 saturated heterocycles. The SMILES string of the molecule is CC1(C)N=C(CCCCC2=NC(C)(C)C(=O)O2)OC1=O. The summed E-state index contributed by atoms with van der Waals surface area (Å²) < 4.78 is 10.2. The third-order valence-corrected chi connectivity index (χ3v) is 3.26. The van der Waals surface area contributed by atoms with Crippen LogP contribution in [0.25, 0.3) is 0 Å². The van der Waals surface area contributed by atoms with Gasteiger partial charge in [0.05, 0.1) is 0 Å². The molecule has 0 N–H and O–H groups in total. The molecule has 0 saturated carbocycles. The Balaban J connectivity index is 1.74. The van der Waals surface area contributed by atoms with Crippen LogP contribution < -0.4 is 0 Å². The third-order valence-electron chi connectivity index (χ3n) is 3.26. The topological polar surface area (TPSA) is 77.3 Å². The molecule has 2 aliphatic rings. The van der Waals surface area contributed by atoms with Crippen LogP contribution in [0.2, 0.25) is 0 Å². The summed E-state index contributed by atoms with van der Waals surface area (Å²) in [7, 11) is 0. The van der Waals surface area contributed by atoms with E-state index < -0.39 is 11.1 Å². The first-order valence-electron chi connectivity index (χ1n) is 6.83. The summed E-state index contributed by atoms with van der Waals surface area (Å²) in [6.07, 6.45) is 2.83. The zero-order chi connectivity index (χ0) is 15.0. The summed E-state index contributed by atoms with van der Waals surface area (Å²) in [5.41, 5.74) is -1.52. The van der Waals surface area contributed by atoms with Crippen LogP contribution in [0.15, 0.2) is 9.98 Å². The van der Waals surface area contributed by atoms with Gasteiger partial charge in [0, 0.05) is 12.8 Å². The van der Waals surface area contributed by atoms with E-state index in [0.29, 0.717) is 24.6 Å². The molecule has 6 heteroatoms. The molecule has 0 aliphatic carbocycles. The maximum Gasteiger partial charge on any atom is 0.340 e. The molecular formula is C14H20N2O4. The van der Waals surface area contributed by atoms with Crippen molar-refractivity contribution in [1.82, 2.24) is 0 Å². The van der Waals surface area contributed by atoms with Gasteiger partial charge in [0.25, 0.3) is 0 Å². The molecule has 0 unspecified atom stereocenters. The standard InChI is InChI=1S/C14H20N2O4/c1-13(2)11(17)19-9(15-13)7-5-6-8-10-16-14(3,4)12(18)20-10/h5-8H2,1-4H3. The average Bonchev–Trinajstić information content (AvgIpc) is 2.72. The predicted octanol–water partition coefficient (Wildman–Crippen LogP) is 2.01. The Bertz CT molecular complexity index is 457. The van der Waals surface area contributed by atoms with E-state index in [2.05, 4.69) is 9.98 Å². The minimum absolute atomic E-state index is 0.302. The second-order valence-corrected chi connectivity index (χ2v) is 6.12. The number of aliphatic imine (C=N–C) groups is 2. The zero-order valence-electron chi connectivity index (χ0n) is 12.4. The summed E-state index contributed by atoms with van der Waals surface area (Å²) in [4.78, 5) is 31.4. The molecule has 0 radical (unpaired) electrons. The van der Waals surface area contributed by atoms with Crippen molar-refractivity contribution in [3.8, 4) is 0 Å². The number of cyclic esters (lactones) is 2. The van der Waals surface area contributed by atoms with Crippen molar-refractivity contribution in [1.29, 1.82) is 0 Å². The highest BCUT2D eigenvalue weighted by Gasteiger charge is 2.37. The van der Waals surface area contributed by atoms with Crippen molar-refractivity contribution in [2.24, 2.45) is 9.98 Å². The van der Waals surface area contributed by atoms with Gasteiger partial charge in [-0.05, 0) is 40.5 Å². The lowest BCUT2D eigenvalue weighted by Crippen LogP contribution is -2.25. The van der Waals surface area contributed by atoms with Gasteiger partial charge in [-0.15, -0.1) is 0 Å². The number of hydrogen-bond donors (Lipinski definition) is 0. The summed E-state index contributed by atoms with van der Waals surface area (Å²) in [6, 6.07) is 0. The molecule has 0 bridgehead atoms. The number of hydrogen-bond acceptors (Lipinski definition) is 6. The highest BCUT2D eigenvalue weighted by Crippen LogP contribution is 2.23. The minimum Gasteiger partial charge on any atom is -0.410 e. The molecule has 2 aliphatic heterocycles. The van der Waals surface area contributed by atoms with Gasteiger partial charge >= 0.3 is 11.9 Å². The monoisotopic (exact) mass is 280 g/mol. The Hall–Kier alpha value is -1.72. The largest absolute Gasteiger partial charge is 0.410 e. The molecule has 0 atom stereocenters. The highest BCUT2D eigenvalue weighted by molar-refractivity contribution is 6.00. The summed E-state index contributed by atoms with van der Waals surface area (Å²) >= 11 is 0. The first kappa shape index (κ1) is 14.7. The van der Waals surface area contributed by atoms with Gasteiger partial charge < -0.3 is 9.47 Å². The van der Waals surface area contributed by atoms with Crippen LogP contribution >= 0.6 is 0 Å². The van der Waals surface area contributed by atoms with Crippen molar-refractivity contribution in [2.45, 2.75) is 64.5 Å². The van der Waals surface area contributed by atoms with E-state index in [1.165, 1.54) is 0 Å². The van der Waals surface area contributed by atoms with Gasteiger partial charge in [-0.25, -0.2) is 19.6 Å². The lowest BCUT2D eigenvalue weighted by Gasteiger charge is -2.05. The summed E-state index contributed by atoms with van der Waals surface area (Å²) in [5, 5.41) is 0. The van der Waals surface area contributed by atoms with E-state index in [1.807, 2.05) is 0 Å². The van der Waals surface area contributed by atoms with Crippen LogP contribution in [0.4, 0.5) is 0 Å². The first-order valence-corrected chi connectivity index (χ1v) is 6.83. The molecule has 0 aromatic carbocycles. The molecule has 2 rings (SSSR count). The third kappa shape index (κ3) is 3.05. The zero-order valence-corrected chi connectivity index (χ0v) is 12.4. The number of ether oxygens (including phenoxy) is 2. The molecule has 110 valence electrons. The lowest BCUT2D eigenvalue weighted by atomic mass is 10.1. The lowest BCUT2D eigenvalue weighted by molar-refractivity contribution is -0.138. The van der Waals surface area contributed by atoms with Crippen LogP contribution in [0, 0.1) is 0 Å². The smallest absolute Gasteiger partial charge is 0.340 e. The quantitative estimate of drug-likeness (QED) is 0.570. The normalized spacial score (nSPS) is 23.2. The van der Waals surface area contributed by atoms with E-state index in [-0.39, 0.29) is 11.9 Å². The van der Waals surface area contributed by atoms with Crippen LogP contribution in [0.3, 0.4) is 0 Å². The number of carbonyl (C=O) groups excluding carboxylic acids is 2. The van der Waals surface area contributed by atoms with Crippen LogP contribution in [0.1, 0.15) is 53.4 Å². The van der Waals surface area contributed by atoms with Crippen molar-refractivity contribution in [2.75, 3.05) is 0 Å². The molecule has 20 heavy (non-hydrogen) atoms. The Kier molecular flexibility index (Phi) is 3.67. The number of esters is 2. The molecule has 0 aromatic heterocycles. The van der Waals surface area contributed by atoms with Crippen molar-refractivity contribution in [3.63, 3.8) is 0 Å². The fourth-order valence-electron chi connectivity index (χ4n) is 1.99. The maximum atomic E-state index is 11.4. The number of nitrogens with zero attached hydrogens (tertiary/aromatic N) is 2. The Morgan fingerprint density at radius 3 is 1.40 bits per heavy atom. The van der Waals surface area contributed by atoms with Crippen molar-refractivity contribution < 1.29 is 19.1 Å². The van der Waals surface area contributed by atoms with E-state index in [9.17, 15) is 9.59 Å². The number of rotatable bonds is 5. The molecular weight excluding hydrogens is 260 g/mol. The minimum atomic E-state index is -0.760. The predicted molar refractivity (Wildman–Crippen MR) is 73.7 cm³/mol. The van der Waals surface area contributed by atoms with Gasteiger partial charge in [-0.3, -0.25) is 0 Å². The first-order chi connectivity index (χ1) is 9.21. The Labute approximate surface area is 118 Å². The second kappa shape index (κ2) is 5.00. The van der Waals surface area contributed by atoms with Gasteiger partial charge in [0.1, 0.15) is 0 Å². The molecule has 6 nitrogen and oxygen atoms in total.